The maximum Gasteiger partial charge on any atom is 0.241 e. The third-order valence-corrected chi connectivity index (χ3v) is 4.42. The van der Waals surface area contributed by atoms with E-state index in [0.717, 1.165) is 25.7 Å². The van der Waals surface area contributed by atoms with Gasteiger partial charge in [-0.15, -0.1) is 6.42 Å². The average Bonchev–Trinajstić information content (AvgIpc) is 2.89. The first-order valence-corrected chi connectivity index (χ1v) is 7.12. The topological polar surface area (TPSA) is 70.1 Å². The van der Waals surface area contributed by atoms with Crippen LogP contribution in [0.3, 0.4) is 0 Å². The van der Waals surface area contributed by atoms with Crippen molar-refractivity contribution in [3.63, 3.8) is 0 Å². The van der Waals surface area contributed by atoms with E-state index >= 15 is 0 Å². The highest BCUT2D eigenvalue weighted by Crippen LogP contribution is 2.29. The summed E-state index contributed by atoms with van der Waals surface area (Å²) in [4.78, 5) is 14.1. The predicted octanol–water partition coefficient (Wildman–Crippen LogP) is 1.41. The van der Waals surface area contributed by atoms with Crippen molar-refractivity contribution in [3.8, 4) is 18.4 Å². The van der Waals surface area contributed by atoms with Crippen molar-refractivity contribution in [2.45, 2.75) is 63.1 Å². The third-order valence-electron chi connectivity index (χ3n) is 4.42. The van der Waals surface area contributed by atoms with Crippen LogP contribution >= 0.6 is 0 Å². The molecule has 2 aliphatic rings. The van der Waals surface area contributed by atoms with E-state index in [0.29, 0.717) is 12.8 Å². The first-order valence-electron chi connectivity index (χ1n) is 7.12. The molecule has 0 spiro atoms. The van der Waals surface area contributed by atoms with E-state index in [1.54, 1.807) is 4.90 Å². The Morgan fingerprint density at radius 1 is 1.21 bits per heavy atom. The molecule has 1 aliphatic carbocycles. The Balaban J connectivity index is 2.08. The molecule has 1 heterocycles. The molecule has 0 radical (unpaired) electrons. The summed E-state index contributed by atoms with van der Waals surface area (Å²) in [5, 5.41) is 9.14. The fourth-order valence-corrected chi connectivity index (χ4v) is 3.28. The number of nitrogens with zero attached hydrogens (tertiary/aromatic N) is 2. The van der Waals surface area contributed by atoms with Crippen LogP contribution in [0.2, 0.25) is 0 Å². The zero-order valence-corrected chi connectivity index (χ0v) is 11.2. The summed E-state index contributed by atoms with van der Waals surface area (Å²) in [6, 6.07) is 1.02. The minimum absolute atomic E-state index is 0.126. The molecule has 4 heteroatoms. The molecule has 1 aliphatic heterocycles. The maximum atomic E-state index is 12.5. The maximum absolute atomic E-state index is 12.5. The molecule has 1 unspecified atom stereocenters. The minimum Gasteiger partial charge on any atom is -0.320 e. The number of hydrogen-bond acceptors (Lipinski definition) is 3. The average molecular weight is 259 g/mol. The van der Waals surface area contributed by atoms with Gasteiger partial charge in [-0.25, -0.2) is 0 Å². The number of nitrogens with two attached hydrogens (primary N) is 1. The van der Waals surface area contributed by atoms with E-state index in [1.807, 2.05) is 0 Å². The summed E-state index contributed by atoms with van der Waals surface area (Å²) in [7, 11) is 0. The van der Waals surface area contributed by atoms with Crippen LogP contribution in [-0.2, 0) is 4.79 Å². The van der Waals surface area contributed by atoms with Crippen molar-refractivity contribution in [2.75, 3.05) is 0 Å². The highest BCUT2D eigenvalue weighted by Gasteiger charge is 2.40. The highest BCUT2D eigenvalue weighted by atomic mass is 16.2. The standard InChI is InChI=1S/C15H21N3O/c1-2-12-8-9-13(10-16)18(12)15(19)14(17)11-6-4-3-5-7-11/h1,11-14H,3-9,17H2/t12-,13?,14+/m1/s1. The Hall–Kier alpha value is -1.52. The van der Waals surface area contributed by atoms with Crippen molar-refractivity contribution < 1.29 is 4.79 Å². The molecule has 1 saturated heterocycles. The fraction of sp³-hybridized carbons (Fsp3) is 0.733. The molecular weight excluding hydrogens is 238 g/mol. The lowest BCUT2D eigenvalue weighted by molar-refractivity contribution is -0.135. The van der Waals surface area contributed by atoms with Gasteiger partial charge in [-0.1, -0.05) is 25.2 Å². The molecule has 2 rings (SSSR count). The zero-order valence-electron chi connectivity index (χ0n) is 11.2. The SMILES string of the molecule is C#C[C@@H]1CCC(C#N)N1C(=O)[C@@H](N)C1CCCCC1. The molecule has 0 bridgehead atoms. The van der Waals surface area contributed by atoms with Gasteiger partial charge in [0.05, 0.1) is 18.2 Å². The van der Waals surface area contributed by atoms with Gasteiger partial charge in [0.2, 0.25) is 5.91 Å². The molecule has 1 saturated carbocycles. The van der Waals surface area contributed by atoms with Gasteiger partial charge < -0.3 is 10.6 Å². The fourth-order valence-electron chi connectivity index (χ4n) is 3.28. The molecule has 2 fully saturated rings. The third kappa shape index (κ3) is 2.74. The van der Waals surface area contributed by atoms with Crippen molar-refractivity contribution in [1.82, 2.24) is 4.90 Å². The second-order valence-electron chi connectivity index (χ2n) is 5.57. The second-order valence-corrected chi connectivity index (χ2v) is 5.57. The molecular formula is C15H21N3O. The highest BCUT2D eigenvalue weighted by molar-refractivity contribution is 5.83. The number of likely N-dealkylation sites (tertiary alicyclic amines) is 1. The van der Waals surface area contributed by atoms with Gasteiger partial charge in [0.1, 0.15) is 6.04 Å². The van der Waals surface area contributed by atoms with Gasteiger partial charge in [0.15, 0.2) is 0 Å². The van der Waals surface area contributed by atoms with E-state index in [4.69, 9.17) is 17.4 Å². The Morgan fingerprint density at radius 2 is 1.84 bits per heavy atom. The van der Waals surface area contributed by atoms with Gasteiger partial charge in [0.25, 0.3) is 0 Å². The van der Waals surface area contributed by atoms with Gasteiger partial charge in [-0.3, -0.25) is 4.79 Å². The van der Waals surface area contributed by atoms with Crippen molar-refractivity contribution in [1.29, 1.82) is 5.26 Å². The number of carbonyl (C=O) groups excluding carboxylic acids is 1. The second kappa shape index (κ2) is 6.08. The van der Waals surface area contributed by atoms with Crippen LogP contribution in [-0.4, -0.2) is 28.9 Å². The van der Waals surface area contributed by atoms with Crippen LogP contribution in [0.1, 0.15) is 44.9 Å². The van der Waals surface area contributed by atoms with Crippen LogP contribution in [0.4, 0.5) is 0 Å². The number of carbonyl (C=O) groups is 1. The van der Waals surface area contributed by atoms with E-state index in [1.165, 1.54) is 6.42 Å². The normalized spacial score (nSPS) is 29.5. The van der Waals surface area contributed by atoms with Crippen LogP contribution < -0.4 is 5.73 Å². The molecule has 0 aromatic heterocycles. The molecule has 0 aromatic rings. The number of amides is 1. The summed E-state index contributed by atoms with van der Waals surface area (Å²) < 4.78 is 0. The van der Waals surface area contributed by atoms with Crippen LogP contribution in [0.5, 0.6) is 0 Å². The Kier molecular flexibility index (Phi) is 4.45. The van der Waals surface area contributed by atoms with Gasteiger partial charge >= 0.3 is 0 Å². The number of terminal acetylenes is 1. The van der Waals surface area contributed by atoms with Crippen molar-refractivity contribution in [2.24, 2.45) is 11.7 Å². The lowest BCUT2D eigenvalue weighted by atomic mass is 9.83. The number of nitriles is 1. The molecule has 0 aromatic carbocycles. The molecule has 1 amide bonds. The smallest absolute Gasteiger partial charge is 0.241 e. The van der Waals surface area contributed by atoms with E-state index < -0.39 is 12.1 Å². The van der Waals surface area contributed by atoms with Crippen LogP contribution in [0.25, 0.3) is 0 Å². The summed E-state index contributed by atoms with van der Waals surface area (Å²) in [5.41, 5.74) is 6.14. The van der Waals surface area contributed by atoms with E-state index in [-0.39, 0.29) is 17.9 Å². The molecule has 4 nitrogen and oxygen atoms in total. The quantitative estimate of drug-likeness (QED) is 0.762. The van der Waals surface area contributed by atoms with Crippen molar-refractivity contribution >= 4 is 5.91 Å². The van der Waals surface area contributed by atoms with E-state index in [9.17, 15) is 4.79 Å². The van der Waals surface area contributed by atoms with Crippen LogP contribution in [0.15, 0.2) is 0 Å². The Bertz CT molecular complexity index is 392. The van der Waals surface area contributed by atoms with E-state index in [2.05, 4.69) is 12.0 Å². The van der Waals surface area contributed by atoms with Gasteiger partial charge in [0, 0.05) is 0 Å². The summed E-state index contributed by atoms with van der Waals surface area (Å²) in [6.45, 7) is 0. The Labute approximate surface area is 114 Å². The number of rotatable bonds is 2. The van der Waals surface area contributed by atoms with Crippen molar-refractivity contribution in [3.05, 3.63) is 0 Å². The predicted molar refractivity (Wildman–Crippen MR) is 72.7 cm³/mol. The minimum atomic E-state index is -0.495. The first-order chi connectivity index (χ1) is 9.19. The summed E-state index contributed by atoms with van der Waals surface area (Å²) >= 11 is 0. The van der Waals surface area contributed by atoms with Gasteiger partial charge in [-0.2, -0.15) is 5.26 Å². The zero-order chi connectivity index (χ0) is 13.8. The summed E-state index contributed by atoms with van der Waals surface area (Å²) in [5.74, 6) is 2.74. The monoisotopic (exact) mass is 259 g/mol. The van der Waals surface area contributed by atoms with Crippen LogP contribution in [0, 0.1) is 29.6 Å². The largest absolute Gasteiger partial charge is 0.320 e. The molecule has 3 atom stereocenters. The lowest BCUT2D eigenvalue weighted by Gasteiger charge is -2.32. The Morgan fingerprint density at radius 3 is 2.42 bits per heavy atom. The lowest BCUT2D eigenvalue weighted by Crippen LogP contribution is -2.52. The summed E-state index contributed by atoms with van der Waals surface area (Å²) in [6.07, 6.45) is 12.4. The number of hydrogen-bond donors (Lipinski definition) is 1. The molecule has 2 N–H and O–H groups in total. The van der Waals surface area contributed by atoms with Gasteiger partial charge in [-0.05, 0) is 31.6 Å². The first kappa shape index (κ1) is 13.9. The molecule has 102 valence electrons. The molecule has 19 heavy (non-hydrogen) atoms.